The molecule has 6 aromatic rings. The molecule has 0 saturated carbocycles. The third-order valence-electron chi connectivity index (χ3n) is 9.14. The van der Waals surface area contributed by atoms with E-state index in [1.54, 1.807) is 30.5 Å². The van der Waals surface area contributed by atoms with Crippen LogP contribution in [0.2, 0.25) is 0 Å². The minimum absolute atomic E-state index is 0.0652. The molecule has 1 amide bonds. The second kappa shape index (κ2) is 15.7. The van der Waals surface area contributed by atoms with Gasteiger partial charge in [0, 0.05) is 55.9 Å². The Morgan fingerprint density at radius 3 is 2.45 bits per heavy atom. The highest BCUT2D eigenvalue weighted by atomic mass is 19.1. The minimum atomic E-state index is -0.894. The number of hydrogen-bond donors (Lipinski definition) is 2. The molecule has 1 fully saturated rings. The van der Waals surface area contributed by atoms with Crippen molar-refractivity contribution in [1.82, 2.24) is 24.3 Å². The average Bonchev–Trinajstić information content (AvgIpc) is 3.57. The van der Waals surface area contributed by atoms with Gasteiger partial charge in [-0.2, -0.15) is 0 Å². The summed E-state index contributed by atoms with van der Waals surface area (Å²) >= 11 is 0. The van der Waals surface area contributed by atoms with Gasteiger partial charge in [0.1, 0.15) is 34.5 Å². The van der Waals surface area contributed by atoms with Crippen molar-refractivity contribution in [2.75, 3.05) is 62.0 Å². The van der Waals surface area contributed by atoms with Crippen molar-refractivity contribution in [3.05, 3.63) is 108 Å². The van der Waals surface area contributed by atoms with Gasteiger partial charge in [0.05, 0.1) is 42.0 Å². The van der Waals surface area contributed by atoms with Gasteiger partial charge in [0.25, 0.3) is 5.91 Å². The van der Waals surface area contributed by atoms with E-state index in [-0.39, 0.29) is 11.3 Å². The maximum Gasteiger partial charge on any atom is 0.259 e. The van der Waals surface area contributed by atoms with Gasteiger partial charge in [-0.3, -0.25) is 14.1 Å². The number of hydrogen-bond acceptors (Lipinski definition) is 9. The average molecular weight is 719 g/mol. The number of nitrogens with zero attached hydrogens (tertiary/aromatic N) is 6. The number of fused-ring (bicyclic) bond motifs is 1. The summed E-state index contributed by atoms with van der Waals surface area (Å²) in [5.41, 5.74) is 4.28. The third kappa shape index (κ3) is 7.47. The second-order valence-electron chi connectivity index (χ2n) is 12.5. The van der Waals surface area contributed by atoms with Gasteiger partial charge in [-0.15, -0.1) is 0 Å². The number of piperazine rings is 1. The molecule has 0 aliphatic carbocycles. The minimum Gasteiger partial charge on any atom is -0.496 e. The van der Waals surface area contributed by atoms with Crippen LogP contribution in [0.25, 0.3) is 28.3 Å². The molecule has 2 N–H and O–H groups in total. The van der Waals surface area contributed by atoms with Crippen LogP contribution in [0.3, 0.4) is 0 Å². The van der Waals surface area contributed by atoms with Crippen molar-refractivity contribution in [3.8, 4) is 34.1 Å². The molecule has 1 saturated heterocycles. The fourth-order valence-electron chi connectivity index (χ4n) is 6.58. The monoisotopic (exact) mass is 718 g/mol. The molecule has 4 heterocycles. The molecular formula is C40H40F2N8O3. The number of para-hydroxylation sites is 1. The van der Waals surface area contributed by atoms with Gasteiger partial charge in [0.15, 0.2) is 0 Å². The van der Waals surface area contributed by atoms with Gasteiger partial charge < -0.3 is 25.0 Å². The summed E-state index contributed by atoms with van der Waals surface area (Å²) in [6, 6.07) is 21.9. The number of anilines is 4. The summed E-state index contributed by atoms with van der Waals surface area (Å²) in [7, 11) is 1.42. The van der Waals surface area contributed by atoms with Crippen molar-refractivity contribution in [2.24, 2.45) is 0 Å². The first-order valence-electron chi connectivity index (χ1n) is 17.6. The van der Waals surface area contributed by atoms with Gasteiger partial charge in [-0.1, -0.05) is 19.1 Å². The fourth-order valence-corrected chi connectivity index (χ4v) is 6.58. The van der Waals surface area contributed by atoms with E-state index in [0.29, 0.717) is 46.6 Å². The lowest BCUT2D eigenvalue weighted by Crippen LogP contribution is -2.46. The molecule has 0 spiro atoms. The van der Waals surface area contributed by atoms with E-state index in [4.69, 9.17) is 19.4 Å². The van der Waals surface area contributed by atoms with Gasteiger partial charge in [-0.25, -0.2) is 23.7 Å². The molecule has 1 aliphatic heterocycles. The topological polar surface area (TPSA) is 109 Å². The fraction of sp³-hybridized carbons (Fsp3) is 0.250. The largest absolute Gasteiger partial charge is 0.496 e. The smallest absolute Gasteiger partial charge is 0.259 e. The zero-order valence-electron chi connectivity index (χ0n) is 29.8. The number of pyridine rings is 1. The molecule has 7 rings (SSSR count). The van der Waals surface area contributed by atoms with Gasteiger partial charge in [-0.05, 0) is 80.6 Å². The van der Waals surface area contributed by atoms with E-state index < -0.39 is 23.2 Å². The summed E-state index contributed by atoms with van der Waals surface area (Å²) in [5.74, 6) is -1.27. The number of aromatic nitrogens is 4. The normalized spacial score (nSPS) is 13.3. The van der Waals surface area contributed by atoms with Crippen LogP contribution in [0.15, 0.2) is 91.3 Å². The van der Waals surface area contributed by atoms with E-state index in [0.717, 1.165) is 62.7 Å². The molecule has 272 valence electrons. The van der Waals surface area contributed by atoms with Gasteiger partial charge >= 0.3 is 0 Å². The van der Waals surface area contributed by atoms with Crippen molar-refractivity contribution >= 4 is 34.6 Å². The molecule has 3 aromatic carbocycles. The number of rotatable bonds is 12. The summed E-state index contributed by atoms with van der Waals surface area (Å²) in [4.78, 5) is 32.7. The maximum absolute atomic E-state index is 14.4. The highest BCUT2D eigenvalue weighted by Gasteiger charge is 2.23. The Morgan fingerprint density at radius 2 is 1.70 bits per heavy atom. The zero-order valence-corrected chi connectivity index (χ0v) is 29.8. The Morgan fingerprint density at radius 1 is 0.887 bits per heavy atom. The van der Waals surface area contributed by atoms with Crippen LogP contribution in [0.5, 0.6) is 11.5 Å². The van der Waals surface area contributed by atoms with E-state index in [9.17, 15) is 13.6 Å². The Labute approximate surface area is 306 Å². The summed E-state index contributed by atoms with van der Waals surface area (Å²) in [6.45, 7) is 9.75. The number of benzene rings is 3. The Balaban J connectivity index is 1.22. The molecular weight excluding hydrogens is 678 g/mol. The Bertz CT molecular complexity index is 2230. The molecule has 53 heavy (non-hydrogen) atoms. The summed E-state index contributed by atoms with van der Waals surface area (Å²) in [5, 5.41) is 5.71. The van der Waals surface area contributed by atoms with Crippen molar-refractivity contribution in [1.29, 1.82) is 0 Å². The van der Waals surface area contributed by atoms with E-state index in [1.807, 2.05) is 41.8 Å². The first kappa shape index (κ1) is 35.3. The van der Waals surface area contributed by atoms with Gasteiger partial charge in [0.2, 0.25) is 5.95 Å². The molecule has 0 unspecified atom stereocenters. The van der Waals surface area contributed by atoms with Crippen LogP contribution in [0.4, 0.5) is 31.8 Å². The summed E-state index contributed by atoms with van der Waals surface area (Å²) in [6.07, 6.45) is 4.69. The number of nitrogens with one attached hydrogen (secondary N) is 2. The van der Waals surface area contributed by atoms with Crippen molar-refractivity contribution in [2.45, 2.75) is 20.3 Å². The lowest BCUT2D eigenvalue weighted by Gasteiger charge is -2.36. The van der Waals surface area contributed by atoms with Crippen LogP contribution < -0.4 is 25.0 Å². The SMILES string of the molecule is CCCN1CCN(c2ccc(Nc3nccc(-c4c(-c5ccc(OC)c(C(=O)Nc6c(F)cccc6F)c5)nc5ccccn45)n3)c(OCC)c2)CC1. The van der Waals surface area contributed by atoms with E-state index in [1.165, 1.54) is 13.2 Å². The number of carbonyl (C=O) groups excluding carboxylic acids is 1. The van der Waals surface area contributed by atoms with Crippen LogP contribution in [0, 0.1) is 11.6 Å². The first-order chi connectivity index (χ1) is 25.9. The predicted molar refractivity (Wildman–Crippen MR) is 202 cm³/mol. The highest BCUT2D eigenvalue weighted by molar-refractivity contribution is 6.07. The molecule has 13 heteroatoms. The van der Waals surface area contributed by atoms with Crippen LogP contribution >= 0.6 is 0 Å². The molecule has 11 nitrogen and oxygen atoms in total. The van der Waals surface area contributed by atoms with Crippen molar-refractivity contribution in [3.63, 3.8) is 0 Å². The van der Waals surface area contributed by atoms with Crippen LogP contribution in [-0.2, 0) is 0 Å². The third-order valence-corrected chi connectivity index (χ3v) is 9.14. The maximum atomic E-state index is 14.4. The summed E-state index contributed by atoms with van der Waals surface area (Å²) < 4.78 is 42.3. The number of halogens is 2. The molecule has 0 radical (unpaired) electrons. The standard InChI is InChI=1S/C40H40F2N8O3/c1-4-18-48-20-22-49(23-21-48)27-13-14-31(34(25-27)53-5-2)44-40-43-17-16-32(45-40)38-36(46-35-11-6-7-19-50(35)38)26-12-15-33(52-3)28(24-26)39(51)47-37-29(41)9-8-10-30(37)42/h6-17,19,24-25H,4-5,18,20-23H2,1-3H3,(H,47,51)(H,43,44,45). The molecule has 0 bridgehead atoms. The highest BCUT2D eigenvalue weighted by Crippen LogP contribution is 2.36. The van der Waals surface area contributed by atoms with E-state index >= 15 is 0 Å². The lowest BCUT2D eigenvalue weighted by atomic mass is 10.0. The van der Waals surface area contributed by atoms with Crippen LogP contribution in [0.1, 0.15) is 30.6 Å². The molecule has 1 aliphatic rings. The first-order valence-corrected chi connectivity index (χ1v) is 17.6. The van der Waals surface area contributed by atoms with Crippen molar-refractivity contribution < 1.29 is 23.0 Å². The number of methoxy groups -OCH3 is 1. The zero-order chi connectivity index (χ0) is 36.9. The lowest BCUT2D eigenvalue weighted by molar-refractivity contribution is 0.102. The molecule has 0 atom stereocenters. The molecule has 3 aromatic heterocycles. The Hall–Kier alpha value is -6.08. The van der Waals surface area contributed by atoms with E-state index in [2.05, 4.69) is 44.5 Å². The quantitative estimate of drug-likeness (QED) is 0.132. The number of imidazole rings is 1. The Kier molecular flexibility index (Phi) is 10.4. The van der Waals surface area contributed by atoms with Crippen LogP contribution in [-0.4, -0.2) is 76.6 Å². The second-order valence-corrected chi connectivity index (χ2v) is 12.5. The number of ether oxygens (including phenoxy) is 2. The number of amides is 1. The number of carbonyl (C=O) groups is 1. The predicted octanol–water partition coefficient (Wildman–Crippen LogP) is 7.67.